The molecule has 0 heterocycles. The predicted octanol–water partition coefficient (Wildman–Crippen LogP) is 5.86. The van der Waals surface area contributed by atoms with E-state index in [2.05, 4.69) is 5.32 Å². The fraction of sp³-hybridized carbons (Fsp3) is 0.174. The second kappa shape index (κ2) is 10.9. The molecule has 0 unspecified atom stereocenters. The Hall–Kier alpha value is -3.15. The van der Waals surface area contributed by atoms with Gasteiger partial charge in [-0.25, -0.2) is 8.42 Å². The summed E-state index contributed by atoms with van der Waals surface area (Å²) >= 11 is 11.8. The molecule has 0 aliphatic carbocycles. The number of alkyl halides is 3. The zero-order chi connectivity index (χ0) is 26.7. The minimum atomic E-state index is -4.74. The van der Waals surface area contributed by atoms with Crippen LogP contribution in [0.25, 0.3) is 0 Å². The molecule has 0 bridgehead atoms. The number of rotatable bonds is 8. The van der Waals surface area contributed by atoms with E-state index in [9.17, 15) is 26.4 Å². The molecule has 0 aromatic heterocycles. The average molecular weight is 563 g/mol. The van der Waals surface area contributed by atoms with Gasteiger partial charge in [-0.05, 0) is 48.5 Å². The molecule has 0 aliphatic heterocycles. The number of carbonyl (C=O) groups excluding carboxylic acids is 1. The van der Waals surface area contributed by atoms with E-state index in [-0.39, 0.29) is 37.8 Å². The number of ether oxygens (including phenoxy) is 2. The molecule has 0 atom stereocenters. The van der Waals surface area contributed by atoms with Crippen molar-refractivity contribution in [3.63, 3.8) is 0 Å². The second-order valence-electron chi connectivity index (χ2n) is 7.25. The minimum absolute atomic E-state index is 0.0721. The molecule has 13 heteroatoms. The van der Waals surface area contributed by atoms with Crippen LogP contribution in [0.5, 0.6) is 11.5 Å². The van der Waals surface area contributed by atoms with Crippen molar-refractivity contribution in [1.29, 1.82) is 0 Å². The Balaban J connectivity index is 2.06. The first kappa shape index (κ1) is 27.4. The fourth-order valence-electron chi connectivity index (χ4n) is 3.16. The lowest BCUT2D eigenvalue weighted by Gasteiger charge is -2.25. The molecule has 1 amide bonds. The molecule has 7 nitrogen and oxygen atoms in total. The Morgan fingerprint density at radius 1 is 0.944 bits per heavy atom. The SMILES string of the molecule is COc1ccc(S(=O)(=O)N(CC(=O)Nc2ccc(Cl)c(Cl)c2)c2cccc(C(F)(F)F)c2)cc1OC. The lowest BCUT2D eigenvalue weighted by Crippen LogP contribution is -2.38. The van der Waals surface area contributed by atoms with Crippen LogP contribution in [0, 0.1) is 0 Å². The fourth-order valence-corrected chi connectivity index (χ4v) is 4.89. The van der Waals surface area contributed by atoms with Crippen LogP contribution in [0.4, 0.5) is 24.5 Å². The maximum Gasteiger partial charge on any atom is 0.416 e. The summed E-state index contributed by atoms with van der Waals surface area (Å²) in [4.78, 5) is 12.5. The van der Waals surface area contributed by atoms with Crippen molar-refractivity contribution in [1.82, 2.24) is 0 Å². The van der Waals surface area contributed by atoms with Crippen LogP contribution >= 0.6 is 23.2 Å². The van der Waals surface area contributed by atoms with E-state index in [1.807, 2.05) is 0 Å². The number of benzene rings is 3. The zero-order valence-corrected chi connectivity index (χ0v) is 21.1. The van der Waals surface area contributed by atoms with E-state index in [0.29, 0.717) is 10.4 Å². The summed E-state index contributed by atoms with van der Waals surface area (Å²) < 4.78 is 78.0. The lowest BCUT2D eigenvalue weighted by molar-refractivity contribution is -0.137. The Kier molecular flexibility index (Phi) is 8.27. The van der Waals surface area contributed by atoms with Crippen LogP contribution in [0.3, 0.4) is 0 Å². The maximum atomic E-state index is 13.6. The normalized spacial score (nSPS) is 11.6. The number of hydrogen-bond donors (Lipinski definition) is 1. The van der Waals surface area contributed by atoms with E-state index in [0.717, 1.165) is 24.3 Å². The smallest absolute Gasteiger partial charge is 0.416 e. The third-order valence-corrected chi connectivity index (χ3v) is 7.40. The molecular weight excluding hydrogens is 544 g/mol. The lowest BCUT2D eigenvalue weighted by atomic mass is 10.2. The molecule has 0 fully saturated rings. The molecule has 36 heavy (non-hydrogen) atoms. The summed E-state index contributed by atoms with van der Waals surface area (Å²) in [7, 11) is -1.90. The van der Waals surface area contributed by atoms with Gasteiger partial charge in [-0.3, -0.25) is 9.10 Å². The van der Waals surface area contributed by atoms with Gasteiger partial charge in [0.05, 0.1) is 40.4 Å². The van der Waals surface area contributed by atoms with Crippen LogP contribution in [0.1, 0.15) is 5.56 Å². The van der Waals surface area contributed by atoms with Crippen molar-refractivity contribution in [2.75, 3.05) is 30.4 Å². The van der Waals surface area contributed by atoms with Gasteiger partial charge in [-0.15, -0.1) is 0 Å². The number of hydrogen-bond acceptors (Lipinski definition) is 5. The van der Waals surface area contributed by atoms with Crippen molar-refractivity contribution >= 4 is 50.5 Å². The van der Waals surface area contributed by atoms with Gasteiger partial charge >= 0.3 is 6.18 Å². The van der Waals surface area contributed by atoms with Gasteiger partial charge < -0.3 is 14.8 Å². The highest BCUT2D eigenvalue weighted by atomic mass is 35.5. The van der Waals surface area contributed by atoms with Crippen molar-refractivity contribution in [3.05, 3.63) is 76.3 Å². The first-order valence-electron chi connectivity index (χ1n) is 10.0. The van der Waals surface area contributed by atoms with Crippen LogP contribution in [0.15, 0.2) is 65.6 Å². The molecule has 0 saturated heterocycles. The zero-order valence-electron chi connectivity index (χ0n) is 18.8. The highest BCUT2D eigenvalue weighted by Crippen LogP contribution is 2.35. The number of anilines is 2. The standard InChI is InChI=1S/C23H19Cl2F3N2O5S/c1-34-20-9-7-17(12-21(20)35-2)36(32,33)30(16-5-3-4-14(10-16)23(26,27)28)13-22(31)29-15-6-8-18(24)19(25)11-15/h3-12H,13H2,1-2H3,(H,29,31). The van der Waals surface area contributed by atoms with Crippen molar-refractivity contribution in [2.45, 2.75) is 11.1 Å². The van der Waals surface area contributed by atoms with Crippen molar-refractivity contribution < 1.29 is 35.9 Å². The monoisotopic (exact) mass is 562 g/mol. The average Bonchev–Trinajstić information content (AvgIpc) is 2.83. The maximum absolute atomic E-state index is 13.6. The molecule has 0 radical (unpaired) electrons. The largest absolute Gasteiger partial charge is 0.493 e. The molecule has 192 valence electrons. The summed E-state index contributed by atoms with van der Waals surface area (Å²) in [5, 5.41) is 2.84. The van der Waals surface area contributed by atoms with Crippen LogP contribution in [-0.4, -0.2) is 35.1 Å². The van der Waals surface area contributed by atoms with Crippen LogP contribution < -0.4 is 19.1 Å². The van der Waals surface area contributed by atoms with E-state index in [1.165, 1.54) is 44.6 Å². The molecule has 3 aromatic carbocycles. The highest BCUT2D eigenvalue weighted by molar-refractivity contribution is 7.92. The second-order valence-corrected chi connectivity index (χ2v) is 9.93. The third-order valence-electron chi connectivity index (χ3n) is 4.90. The van der Waals surface area contributed by atoms with E-state index in [1.54, 1.807) is 0 Å². The van der Waals surface area contributed by atoms with Gasteiger partial charge in [0.25, 0.3) is 10.0 Å². The first-order chi connectivity index (χ1) is 16.9. The topological polar surface area (TPSA) is 84.9 Å². The predicted molar refractivity (Wildman–Crippen MR) is 131 cm³/mol. The summed E-state index contributed by atoms with van der Waals surface area (Å²) in [6.45, 7) is -0.849. The molecule has 0 aliphatic rings. The Labute approximate surface area is 215 Å². The summed E-state index contributed by atoms with van der Waals surface area (Å²) in [5.41, 5.74) is -1.25. The van der Waals surface area contributed by atoms with E-state index >= 15 is 0 Å². The molecule has 3 aromatic rings. The molecule has 3 rings (SSSR count). The van der Waals surface area contributed by atoms with Crippen LogP contribution in [-0.2, 0) is 21.0 Å². The van der Waals surface area contributed by atoms with E-state index < -0.39 is 34.2 Å². The number of carbonyl (C=O) groups is 1. The molecule has 0 saturated carbocycles. The summed E-state index contributed by atoms with van der Waals surface area (Å²) in [6, 6.07) is 11.5. The molecular formula is C23H19Cl2F3N2O5S. The Morgan fingerprint density at radius 2 is 1.64 bits per heavy atom. The van der Waals surface area contributed by atoms with Gasteiger partial charge in [0.2, 0.25) is 5.91 Å². The van der Waals surface area contributed by atoms with Gasteiger partial charge in [-0.1, -0.05) is 29.3 Å². The number of methoxy groups -OCH3 is 2. The number of amides is 1. The highest BCUT2D eigenvalue weighted by Gasteiger charge is 2.33. The van der Waals surface area contributed by atoms with Gasteiger partial charge in [0, 0.05) is 11.8 Å². The molecule has 0 spiro atoms. The van der Waals surface area contributed by atoms with E-state index in [4.69, 9.17) is 32.7 Å². The molecule has 1 N–H and O–H groups in total. The van der Waals surface area contributed by atoms with Crippen molar-refractivity contribution in [2.24, 2.45) is 0 Å². The number of sulfonamides is 1. The summed E-state index contributed by atoms with van der Waals surface area (Å²) in [6.07, 6.45) is -4.74. The quantitative estimate of drug-likeness (QED) is 0.371. The third kappa shape index (κ3) is 6.15. The first-order valence-corrected chi connectivity index (χ1v) is 12.2. The Morgan fingerprint density at radius 3 is 2.25 bits per heavy atom. The van der Waals surface area contributed by atoms with Gasteiger partial charge in [0.1, 0.15) is 6.54 Å². The number of halogens is 5. The van der Waals surface area contributed by atoms with Crippen LogP contribution in [0.2, 0.25) is 10.0 Å². The number of nitrogens with zero attached hydrogens (tertiary/aromatic N) is 1. The van der Waals surface area contributed by atoms with Gasteiger partial charge in [0.15, 0.2) is 11.5 Å². The minimum Gasteiger partial charge on any atom is -0.493 e. The summed E-state index contributed by atoms with van der Waals surface area (Å²) in [5.74, 6) is -0.530. The van der Waals surface area contributed by atoms with Gasteiger partial charge in [-0.2, -0.15) is 13.2 Å². The Bertz CT molecular complexity index is 1380. The number of nitrogens with one attached hydrogen (secondary N) is 1. The van der Waals surface area contributed by atoms with Crippen molar-refractivity contribution in [3.8, 4) is 11.5 Å².